The van der Waals surface area contributed by atoms with Crippen molar-refractivity contribution in [2.24, 2.45) is 0 Å². The molecule has 0 unspecified atom stereocenters. The second kappa shape index (κ2) is 7.72. The molecule has 0 aliphatic carbocycles. The standard InChI is InChI=1S/C16H28N2O6/c1-15(2,3)23-13(20)17-10-22-12(19)11-8-7-9-18(11)14(21)24-16(4,5)6/h11H,7-10H2,1-6H3,(H,17,20)/t11-/m1/s1. The minimum atomic E-state index is -0.694. The molecule has 0 saturated carbocycles. The summed E-state index contributed by atoms with van der Waals surface area (Å²) in [7, 11) is 0. The Hall–Kier alpha value is -1.99. The largest absolute Gasteiger partial charge is 0.444 e. The van der Waals surface area contributed by atoms with Gasteiger partial charge in [-0.05, 0) is 54.4 Å². The van der Waals surface area contributed by atoms with Gasteiger partial charge < -0.3 is 14.2 Å². The molecule has 1 aliphatic rings. The fourth-order valence-electron chi connectivity index (χ4n) is 2.13. The molecule has 2 amide bonds. The average Bonchev–Trinajstić information content (AvgIpc) is 2.83. The molecule has 1 aliphatic heterocycles. The van der Waals surface area contributed by atoms with Gasteiger partial charge in [0.25, 0.3) is 0 Å². The molecule has 1 heterocycles. The van der Waals surface area contributed by atoms with E-state index in [1.54, 1.807) is 41.5 Å². The van der Waals surface area contributed by atoms with Crippen molar-refractivity contribution >= 4 is 18.2 Å². The van der Waals surface area contributed by atoms with Crippen LogP contribution < -0.4 is 5.32 Å². The van der Waals surface area contributed by atoms with E-state index in [1.807, 2.05) is 0 Å². The number of rotatable bonds is 3. The van der Waals surface area contributed by atoms with Gasteiger partial charge in [-0.25, -0.2) is 14.4 Å². The van der Waals surface area contributed by atoms with Gasteiger partial charge in [-0.1, -0.05) is 0 Å². The van der Waals surface area contributed by atoms with E-state index in [0.717, 1.165) is 0 Å². The van der Waals surface area contributed by atoms with Crippen LogP contribution in [0.3, 0.4) is 0 Å². The normalized spacial score (nSPS) is 18.1. The molecule has 0 aromatic heterocycles. The summed E-state index contributed by atoms with van der Waals surface area (Å²) in [5, 5.41) is 2.34. The summed E-state index contributed by atoms with van der Waals surface area (Å²) in [4.78, 5) is 37.1. The minimum Gasteiger partial charge on any atom is -0.444 e. The maximum Gasteiger partial charge on any atom is 0.411 e. The molecule has 8 nitrogen and oxygen atoms in total. The van der Waals surface area contributed by atoms with Gasteiger partial charge in [0.2, 0.25) is 0 Å². The molecule has 0 spiro atoms. The highest BCUT2D eigenvalue weighted by Gasteiger charge is 2.37. The molecule has 138 valence electrons. The lowest BCUT2D eigenvalue weighted by Gasteiger charge is -2.27. The lowest BCUT2D eigenvalue weighted by molar-refractivity contribution is -0.149. The predicted molar refractivity (Wildman–Crippen MR) is 86.3 cm³/mol. The van der Waals surface area contributed by atoms with Crippen LogP contribution in [0.25, 0.3) is 0 Å². The Balaban J connectivity index is 2.46. The highest BCUT2D eigenvalue weighted by Crippen LogP contribution is 2.21. The Morgan fingerprint density at radius 3 is 2.17 bits per heavy atom. The van der Waals surface area contributed by atoms with Crippen molar-refractivity contribution in [1.29, 1.82) is 0 Å². The third-order valence-electron chi connectivity index (χ3n) is 2.98. The van der Waals surface area contributed by atoms with E-state index >= 15 is 0 Å². The fourth-order valence-corrected chi connectivity index (χ4v) is 2.13. The number of nitrogens with zero attached hydrogens (tertiary/aromatic N) is 1. The van der Waals surface area contributed by atoms with Gasteiger partial charge in [0.05, 0.1) is 0 Å². The molecular formula is C16H28N2O6. The molecule has 1 N–H and O–H groups in total. The number of carbonyl (C=O) groups is 3. The zero-order valence-corrected chi connectivity index (χ0v) is 15.3. The highest BCUT2D eigenvalue weighted by atomic mass is 16.6. The van der Waals surface area contributed by atoms with Crippen molar-refractivity contribution in [3.8, 4) is 0 Å². The zero-order valence-electron chi connectivity index (χ0n) is 15.3. The first-order chi connectivity index (χ1) is 10.9. The molecular weight excluding hydrogens is 316 g/mol. The number of amides is 2. The predicted octanol–water partition coefficient (Wildman–Crippen LogP) is 2.41. The summed E-state index contributed by atoms with van der Waals surface area (Å²) in [6.45, 7) is 10.6. The topological polar surface area (TPSA) is 94.2 Å². The van der Waals surface area contributed by atoms with E-state index in [1.165, 1.54) is 4.90 Å². The van der Waals surface area contributed by atoms with E-state index in [0.29, 0.717) is 19.4 Å². The smallest absolute Gasteiger partial charge is 0.411 e. The maximum atomic E-state index is 12.1. The number of ether oxygens (including phenoxy) is 3. The van der Waals surface area contributed by atoms with Crippen LogP contribution in [0.2, 0.25) is 0 Å². The number of likely N-dealkylation sites (tertiary alicyclic amines) is 1. The first-order valence-corrected chi connectivity index (χ1v) is 8.02. The molecule has 8 heteroatoms. The lowest BCUT2D eigenvalue weighted by Crippen LogP contribution is -2.45. The van der Waals surface area contributed by atoms with Crippen LogP contribution in [-0.4, -0.2) is 53.6 Å². The molecule has 1 atom stereocenters. The second-order valence-electron chi connectivity index (χ2n) is 7.62. The fraction of sp³-hybridized carbons (Fsp3) is 0.812. The Kier molecular flexibility index (Phi) is 6.45. The van der Waals surface area contributed by atoms with E-state index in [-0.39, 0.29) is 6.73 Å². The Labute approximate surface area is 142 Å². The molecule has 1 fully saturated rings. The monoisotopic (exact) mass is 344 g/mol. The van der Waals surface area contributed by atoms with E-state index in [2.05, 4.69) is 5.32 Å². The van der Waals surface area contributed by atoms with Crippen LogP contribution in [0.1, 0.15) is 54.4 Å². The first kappa shape index (κ1) is 20.1. The van der Waals surface area contributed by atoms with Crippen molar-refractivity contribution in [3.05, 3.63) is 0 Å². The summed E-state index contributed by atoms with van der Waals surface area (Å²) in [5.74, 6) is -0.575. The highest BCUT2D eigenvalue weighted by molar-refractivity contribution is 5.82. The summed E-state index contributed by atoms with van der Waals surface area (Å²) >= 11 is 0. The van der Waals surface area contributed by atoms with Crippen LogP contribution in [0.4, 0.5) is 9.59 Å². The van der Waals surface area contributed by atoms with Gasteiger partial charge in [0, 0.05) is 6.54 Å². The number of carbonyl (C=O) groups excluding carboxylic acids is 3. The van der Waals surface area contributed by atoms with Crippen LogP contribution in [0.15, 0.2) is 0 Å². The van der Waals surface area contributed by atoms with E-state index in [4.69, 9.17) is 14.2 Å². The number of hydrogen-bond acceptors (Lipinski definition) is 6. The van der Waals surface area contributed by atoms with Crippen molar-refractivity contribution in [2.45, 2.75) is 71.6 Å². The molecule has 0 aromatic carbocycles. The van der Waals surface area contributed by atoms with Gasteiger partial charge >= 0.3 is 18.2 Å². The number of esters is 1. The van der Waals surface area contributed by atoms with Gasteiger partial charge in [-0.3, -0.25) is 10.2 Å². The van der Waals surface area contributed by atoms with E-state index < -0.39 is 35.4 Å². The lowest BCUT2D eigenvalue weighted by atomic mass is 10.2. The Morgan fingerprint density at radius 1 is 1.04 bits per heavy atom. The summed E-state index contributed by atoms with van der Waals surface area (Å²) < 4.78 is 15.3. The van der Waals surface area contributed by atoms with E-state index in [9.17, 15) is 14.4 Å². The van der Waals surface area contributed by atoms with Crippen molar-refractivity contribution in [3.63, 3.8) is 0 Å². The molecule has 1 saturated heterocycles. The van der Waals surface area contributed by atoms with Crippen LogP contribution >= 0.6 is 0 Å². The Bertz CT molecular complexity index is 478. The summed E-state index contributed by atoms with van der Waals surface area (Å²) in [6.07, 6.45) is -0.0176. The Morgan fingerprint density at radius 2 is 1.62 bits per heavy atom. The molecule has 24 heavy (non-hydrogen) atoms. The van der Waals surface area contributed by atoms with Crippen molar-refractivity contribution < 1.29 is 28.6 Å². The SMILES string of the molecule is CC(C)(C)OC(=O)NCOC(=O)[C@H]1CCCN1C(=O)OC(C)(C)C. The first-order valence-electron chi connectivity index (χ1n) is 8.02. The van der Waals surface area contributed by atoms with Crippen molar-refractivity contribution in [1.82, 2.24) is 10.2 Å². The van der Waals surface area contributed by atoms with Crippen LogP contribution in [-0.2, 0) is 19.0 Å². The maximum absolute atomic E-state index is 12.1. The number of alkyl carbamates (subject to hydrolysis) is 1. The van der Waals surface area contributed by atoms with Gasteiger partial charge in [0.15, 0.2) is 6.73 Å². The quantitative estimate of drug-likeness (QED) is 0.480. The van der Waals surface area contributed by atoms with Crippen LogP contribution in [0.5, 0.6) is 0 Å². The summed E-state index contributed by atoms with van der Waals surface area (Å²) in [6, 6.07) is -0.694. The third-order valence-corrected chi connectivity index (χ3v) is 2.98. The van der Waals surface area contributed by atoms with Gasteiger partial charge in [0.1, 0.15) is 17.2 Å². The second-order valence-corrected chi connectivity index (χ2v) is 7.62. The minimum absolute atomic E-state index is 0.313. The molecule has 0 aromatic rings. The molecule has 0 radical (unpaired) electrons. The average molecular weight is 344 g/mol. The number of hydrogen-bond donors (Lipinski definition) is 1. The molecule has 1 rings (SSSR count). The van der Waals surface area contributed by atoms with Crippen LogP contribution in [0, 0.1) is 0 Å². The van der Waals surface area contributed by atoms with Gasteiger partial charge in [-0.15, -0.1) is 0 Å². The zero-order chi connectivity index (χ0) is 18.5. The summed E-state index contributed by atoms with van der Waals surface area (Å²) in [5.41, 5.74) is -1.26. The number of nitrogens with one attached hydrogen (secondary N) is 1. The van der Waals surface area contributed by atoms with Crippen molar-refractivity contribution in [2.75, 3.05) is 13.3 Å². The third kappa shape index (κ3) is 7.06. The molecule has 0 bridgehead atoms. The van der Waals surface area contributed by atoms with Gasteiger partial charge in [-0.2, -0.15) is 0 Å².